The summed E-state index contributed by atoms with van der Waals surface area (Å²) in [5, 5.41) is 17.6. The molecule has 2 aromatic carbocycles. The fourth-order valence-corrected chi connectivity index (χ4v) is 2.51. The van der Waals surface area contributed by atoms with Crippen LogP contribution >= 0.6 is 15.9 Å². The number of hydrogen-bond donors (Lipinski definition) is 2. The normalized spacial score (nSPS) is 10.3. The molecule has 25 heavy (non-hydrogen) atoms. The van der Waals surface area contributed by atoms with E-state index in [0.29, 0.717) is 5.69 Å². The summed E-state index contributed by atoms with van der Waals surface area (Å²) in [6, 6.07) is 14.8. The van der Waals surface area contributed by atoms with Crippen molar-refractivity contribution in [3.8, 4) is 0 Å². The Hall–Kier alpha value is -3.00. The first-order chi connectivity index (χ1) is 12.0. The second-order valence-corrected chi connectivity index (χ2v) is 6.16. The van der Waals surface area contributed by atoms with Crippen LogP contribution in [0.5, 0.6) is 0 Å². The van der Waals surface area contributed by atoms with Crippen molar-refractivity contribution in [2.75, 3.05) is 10.6 Å². The molecule has 0 bridgehead atoms. The summed E-state index contributed by atoms with van der Waals surface area (Å²) >= 11 is 3.35. The Balaban J connectivity index is 1.98. The van der Waals surface area contributed by atoms with Gasteiger partial charge in [-0.25, -0.2) is 9.97 Å². The minimum atomic E-state index is -0.498. The van der Waals surface area contributed by atoms with Crippen LogP contribution in [0.4, 0.5) is 28.7 Å². The van der Waals surface area contributed by atoms with Gasteiger partial charge in [0.25, 0.3) is 0 Å². The van der Waals surface area contributed by atoms with Gasteiger partial charge in [-0.3, -0.25) is 10.1 Å². The lowest BCUT2D eigenvalue weighted by Crippen LogP contribution is -2.06. The van der Waals surface area contributed by atoms with E-state index in [1.54, 1.807) is 12.1 Å². The monoisotopic (exact) mass is 399 g/mol. The topological polar surface area (TPSA) is 93.0 Å². The molecule has 0 fully saturated rings. The van der Waals surface area contributed by atoms with E-state index in [2.05, 4.69) is 36.5 Å². The van der Waals surface area contributed by atoms with Gasteiger partial charge in [-0.2, -0.15) is 0 Å². The van der Waals surface area contributed by atoms with Gasteiger partial charge < -0.3 is 10.6 Å². The molecule has 0 saturated heterocycles. The molecule has 126 valence electrons. The second-order valence-electron chi connectivity index (χ2n) is 5.25. The molecule has 0 aliphatic heterocycles. The van der Waals surface area contributed by atoms with Crippen molar-refractivity contribution in [2.45, 2.75) is 6.92 Å². The number of anilines is 4. The smallest absolute Gasteiger partial charge is 0.334 e. The van der Waals surface area contributed by atoms with Gasteiger partial charge in [-0.1, -0.05) is 34.1 Å². The van der Waals surface area contributed by atoms with Gasteiger partial charge in [0.2, 0.25) is 11.6 Å². The van der Waals surface area contributed by atoms with E-state index >= 15 is 0 Å². The molecule has 0 amide bonds. The molecule has 1 aromatic heterocycles. The van der Waals surface area contributed by atoms with Gasteiger partial charge in [-0.05, 0) is 42.8 Å². The van der Waals surface area contributed by atoms with Crippen molar-refractivity contribution in [2.24, 2.45) is 0 Å². The average Bonchev–Trinajstić information content (AvgIpc) is 2.59. The van der Waals surface area contributed by atoms with Crippen LogP contribution in [-0.4, -0.2) is 14.9 Å². The Labute approximate surface area is 152 Å². The van der Waals surface area contributed by atoms with E-state index in [-0.39, 0.29) is 17.3 Å². The van der Waals surface area contributed by atoms with Crippen LogP contribution in [0.15, 0.2) is 59.3 Å². The highest BCUT2D eigenvalue weighted by Crippen LogP contribution is 2.33. The summed E-state index contributed by atoms with van der Waals surface area (Å²) in [5.41, 5.74) is 2.18. The Bertz CT molecular complexity index is 915. The maximum Gasteiger partial charge on any atom is 0.353 e. The number of nitrogens with one attached hydrogen (secondary N) is 2. The van der Waals surface area contributed by atoms with Crippen LogP contribution in [0.2, 0.25) is 0 Å². The highest BCUT2D eigenvalue weighted by Gasteiger charge is 2.23. The molecule has 8 heteroatoms. The van der Waals surface area contributed by atoms with Gasteiger partial charge in [0.1, 0.15) is 6.33 Å². The molecule has 0 aliphatic carbocycles. The number of aromatic nitrogens is 2. The highest BCUT2D eigenvalue weighted by molar-refractivity contribution is 9.10. The third-order valence-electron chi connectivity index (χ3n) is 3.51. The Kier molecular flexibility index (Phi) is 4.90. The van der Waals surface area contributed by atoms with Gasteiger partial charge in [0.15, 0.2) is 0 Å². The van der Waals surface area contributed by atoms with Crippen molar-refractivity contribution in [3.63, 3.8) is 0 Å². The summed E-state index contributed by atoms with van der Waals surface area (Å²) in [5.74, 6) is 0.257. The van der Waals surface area contributed by atoms with Crippen LogP contribution in [0, 0.1) is 17.0 Å². The van der Waals surface area contributed by atoms with E-state index in [1.807, 2.05) is 43.3 Å². The lowest BCUT2D eigenvalue weighted by molar-refractivity contribution is -0.383. The summed E-state index contributed by atoms with van der Waals surface area (Å²) in [6.45, 7) is 1.91. The van der Waals surface area contributed by atoms with Crippen molar-refractivity contribution in [1.29, 1.82) is 0 Å². The molecule has 0 spiro atoms. The van der Waals surface area contributed by atoms with E-state index in [4.69, 9.17) is 0 Å². The summed E-state index contributed by atoms with van der Waals surface area (Å²) in [6.07, 6.45) is 1.29. The zero-order valence-corrected chi connectivity index (χ0v) is 14.8. The van der Waals surface area contributed by atoms with Gasteiger partial charge >= 0.3 is 5.69 Å². The average molecular weight is 400 g/mol. The minimum absolute atomic E-state index is 0.124. The summed E-state index contributed by atoms with van der Waals surface area (Å²) in [7, 11) is 0. The molecular formula is C17H14BrN5O2. The fraction of sp³-hybridized carbons (Fsp3) is 0.0588. The first kappa shape index (κ1) is 16.8. The molecule has 0 aliphatic rings. The van der Waals surface area contributed by atoms with E-state index in [9.17, 15) is 10.1 Å². The van der Waals surface area contributed by atoms with E-state index < -0.39 is 4.92 Å². The van der Waals surface area contributed by atoms with Crippen molar-refractivity contribution in [1.82, 2.24) is 9.97 Å². The maximum absolute atomic E-state index is 11.6. The highest BCUT2D eigenvalue weighted by atomic mass is 79.9. The number of rotatable bonds is 5. The molecule has 0 unspecified atom stereocenters. The van der Waals surface area contributed by atoms with Crippen LogP contribution in [0.3, 0.4) is 0 Å². The lowest BCUT2D eigenvalue weighted by atomic mass is 10.2. The first-order valence-corrected chi connectivity index (χ1v) is 8.18. The van der Waals surface area contributed by atoms with Crippen LogP contribution in [-0.2, 0) is 0 Å². The van der Waals surface area contributed by atoms with E-state index in [1.165, 1.54) is 6.33 Å². The SMILES string of the molecule is Cc1ccccc1Nc1ncnc(Nc2ccc(Br)cc2)c1[N+](=O)[O-]. The number of aryl methyl sites for hydroxylation is 1. The molecular weight excluding hydrogens is 386 g/mol. The van der Waals surface area contributed by atoms with Crippen LogP contribution in [0.25, 0.3) is 0 Å². The number of nitro groups is 1. The molecule has 3 rings (SSSR count). The summed E-state index contributed by atoms with van der Waals surface area (Å²) in [4.78, 5) is 19.2. The predicted octanol–water partition coefficient (Wildman–Crippen LogP) is 4.94. The number of halogens is 1. The molecule has 0 atom stereocenters. The van der Waals surface area contributed by atoms with Crippen molar-refractivity contribution in [3.05, 3.63) is 75.0 Å². The Morgan fingerprint density at radius 2 is 1.64 bits per heavy atom. The zero-order chi connectivity index (χ0) is 17.8. The van der Waals surface area contributed by atoms with E-state index in [0.717, 1.165) is 15.7 Å². The standard InChI is InChI=1S/C17H14BrN5O2/c1-11-4-2-3-5-14(11)22-17-15(23(24)25)16(19-10-20-17)21-13-8-6-12(18)7-9-13/h2-10H,1H3,(H2,19,20,21,22). The number of nitrogens with zero attached hydrogens (tertiary/aromatic N) is 3. The van der Waals surface area contributed by atoms with Gasteiger partial charge in [-0.15, -0.1) is 0 Å². The predicted molar refractivity (Wildman–Crippen MR) is 101 cm³/mol. The first-order valence-electron chi connectivity index (χ1n) is 7.39. The van der Waals surface area contributed by atoms with Gasteiger partial charge in [0, 0.05) is 15.8 Å². The molecule has 3 aromatic rings. The fourth-order valence-electron chi connectivity index (χ4n) is 2.25. The number of para-hydroxylation sites is 1. The third kappa shape index (κ3) is 3.92. The molecule has 7 nitrogen and oxygen atoms in total. The number of hydrogen-bond acceptors (Lipinski definition) is 6. The maximum atomic E-state index is 11.6. The molecule has 2 N–H and O–H groups in total. The largest absolute Gasteiger partial charge is 0.353 e. The molecule has 0 radical (unpaired) electrons. The van der Waals surface area contributed by atoms with Crippen LogP contribution in [0.1, 0.15) is 5.56 Å². The summed E-state index contributed by atoms with van der Waals surface area (Å²) < 4.78 is 0.914. The van der Waals surface area contributed by atoms with Gasteiger partial charge in [0.05, 0.1) is 4.92 Å². The lowest BCUT2D eigenvalue weighted by Gasteiger charge is -2.11. The second kappa shape index (κ2) is 7.27. The Morgan fingerprint density at radius 3 is 2.28 bits per heavy atom. The molecule has 1 heterocycles. The molecule has 0 saturated carbocycles. The third-order valence-corrected chi connectivity index (χ3v) is 4.04. The number of benzene rings is 2. The quantitative estimate of drug-likeness (QED) is 0.465. The minimum Gasteiger partial charge on any atom is -0.334 e. The van der Waals surface area contributed by atoms with Crippen molar-refractivity contribution < 1.29 is 4.92 Å². The zero-order valence-electron chi connectivity index (χ0n) is 13.2. The Morgan fingerprint density at radius 1 is 1.00 bits per heavy atom. The van der Waals surface area contributed by atoms with Crippen LogP contribution < -0.4 is 10.6 Å². The van der Waals surface area contributed by atoms with Crippen molar-refractivity contribution >= 4 is 44.6 Å².